The summed E-state index contributed by atoms with van der Waals surface area (Å²) < 4.78 is 5.73. The molecule has 4 nitrogen and oxygen atoms in total. The lowest BCUT2D eigenvalue weighted by Gasteiger charge is -2.28. The Labute approximate surface area is 97.4 Å². The van der Waals surface area contributed by atoms with E-state index in [0.717, 1.165) is 12.8 Å². The van der Waals surface area contributed by atoms with Crippen molar-refractivity contribution in [1.29, 1.82) is 0 Å². The molecule has 0 radical (unpaired) electrons. The molecule has 0 aromatic heterocycles. The molecule has 16 heavy (non-hydrogen) atoms. The third-order valence-electron chi connectivity index (χ3n) is 3.07. The van der Waals surface area contributed by atoms with Crippen molar-refractivity contribution in [1.82, 2.24) is 5.32 Å². The number of rotatable bonds is 5. The second kappa shape index (κ2) is 6.86. The van der Waals surface area contributed by atoms with Crippen molar-refractivity contribution < 1.29 is 14.6 Å². The quantitative estimate of drug-likeness (QED) is 0.741. The van der Waals surface area contributed by atoms with Gasteiger partial charge in [0, 0.05) is 6.54 Å². The highest BCUT2D eigenvalue weighted by atomic mass is 16.5. The van der Waals surface area contributed by atoms with Gasteiger partial charge in [-0.25, -0.2) is 0 Å². The summed E-state index contributed by atoms with van der Waals surface area (Å²) in [6, 6.07) is 0. The van der Waals surface area contributed by atoms with Gasteiger partial charge in [0.2, 0.25) is 5.91 Å². The van der Waals surface area contributed by atoms with E-state index in [9.17, 15) is 4.79 Å². The Morgan fingerprint density at radius 3 is 2.94 bits per heavy atom. The van der Waals surface area contributed by atoms with Crippen LogP contribution in [0.15, 0.2) is 0 Å². The van der Waals surface area contributed by atoms with E-state index < -0.39 is 6.10 Å². The van der Waals surface area contributed by atoms with Crippen LogP contribution in [-0.2, 0) is 9.53 Å². The minimum atomic E-state index is -0.415. The number of hydrogen-bond acceptors (Lipinski definition) is 3. The molecular weight excluding hydrogens is 206 g/mol. The molecule has 0 aromatic rings. The van der Waals surface area contributed by atoms with E-state index in [1.165, 1.54) is 12.8 Å². The number of amides is 1. The molecule has 94 valence electrons. The molecule has 3 unspecified atom stereocenters. The van der Waals surface area contributed by atoms with Crippen LogP contribution >= 0.6 is 0 Å². The van der Waals surface area contributed by atoms with Crippen LogP contribution in [0.4, 0.5) is 0 Å². The molecule has 0 bridgehead atoms. The van der Waals surface area contributed by atoms with Gasteiger partial charge in [-0.15, -0.1) is 0 Å². The zero-order chi connectivity index (χ0) is 12.0. The number of ether oxygens (including phenoxy) is 1. The van der Waals surface area contributed by atoms with E-state index in [1.54, 1.807) is 6.92 Å². The molecule has 0 heterocycles. The number of carbonyl (C=O) groups excluding carboxylic acids is 1. The summed E-state index contributed by atoms with van der Waals surface area (Å²) in [5.41, 5.74) is 0. The summed E-state index contributed by atoms with van der Waals surface area (Å²) >= 11 is 0. The summed E-state index contributed by atoms with van der Waals surface area (Å²) in [6.07, 6.45) is 4.38. The van der Waals surface area contributed by atoms with E-state index in [0.29, 0.717) is 12.5 Å². The third kappa shape index (κ3) is 4.49. The van der Waals surface area contributed by atoms with Crippen LogP contribution < -0.4 is 5.32 Å². The molecule has 0 aromatic carbocycles. The van der Waals surface area contributed by atoms with Crippen LogP contribution in [0.1, 0.15) is 39.5 Å². The summed E-state index contributed by atoms with van der Waals surface area (Å²) in [5.74, 6) is 0.568. The van der Waals surface area contributed by atoms with E-state index in [4.69, 9.17) is 9.84 Å². The van der Waals surface area contributed by atoms with Gasteiger partial charge in [0.15, 0.2) is 0 Å². The van der Waals surface area contributed by atoms with E-state index in [1.807, 2.05) is 0 Å². The zero-order valence-electron chi connectivity index (χ0n) is 10.2. The fourth-order valence-electron chi connectivity index (χ4n) is 2.18. The van der Waals surface area contributed by atoms with Gasteiger partial charge in [-0.1, -0.05) is 19.8 Å². The van der Waals surface area contributed by atoms with Crippen molar-refractivity contribution in [3.8, 4) is 0 Å². The van der Waals surface area contributed by atoms with Gasteiger partial charge in [-0.3, -0.25) is 4.79 Å². The topological polar surface area (TPSA) is 58.6 Å². The molecule has 0 spiro atoms. The van der Waals surface area contributed by atoms with Crippen molar-refractivity contribution in [2.24, 2.45) is 5.92 Å². The van der Waals surface area contributed by atoms with Crippen molar-refractivity contribution in [3.63, 3.8) is 0 Å². The summed E-state index contributed by atoms with van der Waals surface area (Å²) in [5, 5.41) is 11.2. The largest absolute Gasteiger partial charge is 0.395 e. The highest BCUT2D eigenvalue weighted by molar-refractivity contribution is 5.80. The molecule has 1 rings (SSSR count). The van der Waals surface area contributed by atoms with Crippen LogP contribution in [-0.4, -0.2) is 36.4 Å². The zero-order valence-corrected chi connectivity index (χ0v) is 10.2. The minimum absolute atomic E-state index is 0.0288. The Hall–Kier alpha value is -0.610. The maximum Gasteiger partial charge on any atom is 0.248 e. The lowest BCUT2D eigenvalue weighted by molar-refractivity contribution is -0.137. The number of aliphatic hydroxyl groups is 1. The minimum Gasteiger partial charge on any atom is -0.395 e. The van der Waals surface area contributed by atoms with Crippen LogP contribution in [0.5, 0.6) is 0 Å². The second-order valence-electron chi connectivity index (χ2n) is 4.69. The molecule has 4 heteroatoms. The highest BCUT2D eigenvalue weighted by Gasteiger charge is 2.23. The normalized spacial score (nSPS) is 27.4. The Morgan fingerprint density at radius 1 is 1.56 bits per heavy atom. The lowest BCUT2D eigenvalue weighted by Crippen LogP contribution is -2.39. The fourth-order valence-corrected chi connectivity index (χ4v) is 2.18. The summed E-state index contributed by atoms with van der Waals surface area (Å²) in [7, 11) is 0. The highest BCUT2D eigenvalue weighted by Crippen LogP contribution is 2.26. The predicted octanol–water partition coefficient (Wildman–Crippen LogP) is 1.08. The van der Waals surface area contributed by atoms with Gasteiger partial charge in [-0.2, -0.15) is 0 Å². The fraction of sp³-hybridized carbons (Fsp3) is 0.917. The first kappa shape index (κ1) is 13.5. The average Bonchev–Trinajstić information content (AvgIpc) is 2.25. The first-order valence-corrected chi connectivity index (χ1v) is 6.17. The average molecular weight is 229 g/mol. The van der Waals surface area contributed by atoms with Crippen molar-refractivity contribution in [2.45, 2.75) is 51.7 Å². The summed E-state index contributed by atoms with van der Waals surface area (Å²) in [4.78, 5) is 11.5. The van der Waals surface area contributed by atoms with Gasteiger partial charge < -0.3 is 15.2 Å². The van der Waals surface area contributed by atoms with Crippen LogP contribution in [0.3, 0.4) is 0 Å². The van der Waals surface area contributed by atoms with Crippen LogP contribution in [0, 0.1) is 5.92 Å². The number of aliphatic hydroxyl groups excluding tert-OH is 1. The Morgan fingerprint density at radius 2 is 2.31 bits per heavy atom. The smallest absolute Gasteiger partial charge is 0.248 e. The molecule has 0 saturated heterocycles. The molecule has 1 amide bonds. The van der Waals surface area contributed by atoms with Gasteiger partial charge >= 0.3 is 0 Å². The van der Waals surface area contributed by atoms with Gasteiger partial charge in [0.1, 0.15) is 6.10 Å². The SMILES string of the molecule is CC1CCCC(OC(C)C(=O)NCCO)C1. The molecule has 1 aliphatic rings. The lowest BCUT2D eigenvalue weighted by atomic mass is 9.88. The van der Waals surface area contributed by atoms with Crippen LogP contribution in [0.25, 0.3) is 0 Å². The monoisotopic (exact) mass is 229 g/mol. The Kier molecular flexibility index (Phi) is 5.77. The Balaban J connectivity index is 2.26. The molecule has 3 atom stereocenters. The maximum atomic E-state index is 11.5. The van der Waals surface area contributed by atoms with E-state index >= 15 is 0 Å². The standard InChI is InChI=1S/C12H23NO3/c1-9-4-3-5-11(8-9)16-10(2)12(15)13-6-7-14/h9-11,14H,3-8H2,1-2H3,(H,13,15). The first-order valence-electron chi connectivity index (χ1n) is 6.17. The molecule has 2 N–H and O–H groups in total. The number of hydrogen-bond donors (Lipinski definition) is 2. The van der Waals surface area contributed by atoms with Gasteiger partial charge in [0.25, 0.3) is 0 Å². The molecule has 1 fully saturated rings. The van der Waals surface area contributed by atoms with Crippen LogP contribution in [0.2, 0.25) is 0 Å². The third-order valence-corrected chi connectivity index (χ3v) is 3.07. The second-order valence-corrected chi connectivity index (χ2v) is 4.69. The molecule has 1 saturated carbocycles. The first-order chi connectivity index (χ1) is 7.63. The van der Waals surface area contributed by atoms with Crippen molar-refractivity contribution in [3.05, 3.63) is 0 Å². The molecule has 0 aliphatic heterocycles. The number of carbonyl (C=O) groups is 1. The molecule has 1 aliphatic carbocycles. The predicted molar refractivity (Wildman–Crippen MR) is 62.1 cm³/mol. The van der Waals surface area contributed by atoms with Crippen molar-refractivity contribution in [2.75, 3.05) is 13.2 Å². The maximum absolute atomic E-state index is 11.5. The van der Waals surface area contributed by atoms with E-state index in [-0.39, 0.29) is 18.6 Å². The summed E-state index contributed by atoms with van der Waals surface area (Å²) in [6.45, 7) is 4.27. The van der Waals surface area contributed by atoms with Gasteiger partial charge in [0.05, 0.1) is 12.7 Å². The molecular formula is C12H23NO3. The number of nitrogens with one attached hydrogen (secondary N) is 1. The van der Waals surface area contributed by atoms with E-state index in [2.05, 4.69) is 12.2 Å². The van der Waals surface area contributed by atoms with Crippen molar-refractivity contribution >= 4 is 5.91 Å². The van der Waals surface area contributed by atoms with Gasteiger partial charge in [-0.05, 0) is 25.7 Å². The Bertz CT molecular complexity index is 220.